The summed E-state index contributed by atoms with van der Waals surface area (Å²) in [5.41, 5.74) is 4.17. The summed E-state index contributed by atoms with van der Waals surface area (Å²) >= 11 is 0. The smallest absolute Gasteiger partial charge is 0.297 e. The first-order chi connectivity index (χ1) is 18.0. The molecule has 0 spiro atoms. The highest BCUT2D eigenvalue weighted by atomic mass is 32.2. The molecule has 3 aromatic heterocycles. The minimum Gasteiger partial charge on any atom is -0.347 e. The van der Waals surface area contributed by atoms with Crippen molar-refractivity contribution < 1.29 is 26.8 Å². The molecule has 0 unspecified atom stereocenters. The molecule has 0 amide bonds. The summed E-state index contributed by atoms with van der Waals surface area (Å²) in [5.74, 6) is -0.224. The molecule has 0 bridgehead atoms. The molecule has 2 fully saturated rings. The lowest BCUT2D eigenvalue weighted by molar-refractivity contribution is -0.198. The van der Waals surface area contributed by atoms with Gasteiger partial charge in [-0.05, 0) is 58.9 Å². The maximum absolute atomic E-state index is 12.8. The minimum atomic E-state index is -3.99. The molecule has 5 heterocycles. The predicted octanol–water partition coefficient (Wildman–Crippen LogP) is 3.37. The molecule has 0 saturated carbocycles. The number of hydrogen-bond acceptors (Lipinski definition) is 9. The molecular weight excluding hydrogens is 510 g/mol. The van der Waals surface area contributed by atoms with Crippen LogP contribution in [-0.2, 0) is 28.5 Å². The van der Waals surface area contributed by atoms with Crippen molar-refractivity contribution in [3.8, 4) is 5.82 Å². The number of benzene rings is 1. The summed E-state index contributed by atoms with van der Waals surface area (Å²) in [7, 11) is -3.99. The van der Waals surface area contributed by atoms with Gasteiger partial charge in [0.1, 0.15) is 24.6 Å². The standard InChI is InChI=1S/C26H29N5O6S/c1-15-6-10-18(11-7-15)38(32,33)34-12-19-21-22(37-26(4,5)36-21)25(35-19)30-14-29-20-23(30)27-13-28-24(20)31-16(2)8-9-17(31)3/h6-11,13-14,19,21-22,25H,12H2,1-5H3/t19-,21-,22-,25-/m1/s1. The first kappa shape index (κ1) is 25.1. The number of ether oxygens (including phenoxy) is 3. The van der Waals surface area contributed by atoms with Crippen LogP contribution in [0, 0.1) is 20.8 Å². The molecule has 4 aromatic rings. The Morgan fingerprint density at radius 3 is 2.34 bits per heavy atom. The number of nitrogens with zero attached hydrogens (tertiary/aromatic N) is 5. The van der Waals surface area contributed by atoms with E-state index in [9.17, 15) is 8.42 Å². The number of hydrogen-bond donors (Lipinski definition) is 0. The molecule has 6 rings (SSSR count). The zero-order valence-corrected chi connectivity index (χ0v) is 22.5. The summed E-state index contributed by atoms with van der Waals surface area (Å²) in [6.45, 7) is 9.29. The molecule has 12 heteroatoms. The molecule has 0 N–H and O–H groups in total. The van der Waals surface area contributed by atoms with E-state index in [0.717, 1.165) is 17.0 Å². The largest absolute Gasteiger partial charge is 0.347 e. The van der Waals surface area contributed by atoms with Crippen molar-refractivity contribution in [3.05, 3.63) is 66.0 Å². The van der Waals surface area contributed by atoms with Gasteiger partial charge in [0.25, 0.3) is 10.1 Å². The average Bonchev–Trinajstić information content (AvgIpc) is 3.60. The van der Waals surface area contributed by atoms with E-state index >= 15 is 0 Å². The highest BCUT2D eigenvalue weighted by Crippen LogP contribution is 2.44. The molecule has 38 heavy (non-hydrogen) atoms. The van der Waals surface area contributed by atoms with Crippen LogP contribution in [0.3, 0.4) is 0 Å². The van der Waals surface area contributed by atoms with Gasteiger partial charge in [-0.25, -0.2) is 15.0 Å². The van der Waals surface area contributed by atoms with E-state index in [0.29, 0.717) is 17.0 Å². The Bertz CT molecular complexity index is 1590. The van der Waals surface area contributed by atoms with Crippen LogP contribution in [0.4, 0.5) is 0 Å². The van der Waals surface area contributed by atoms with Gasteiger partial charge in [-0.3, -0.25) is 8.75 Å². The van der Waals surface area contributed by atoms with Gasteiger partial charge in [0.15, 0.2) is 29.0 Å². The molecule has 200 valence electrons. The molecule has 0 radical (unpaired) electrons. The predicted molar refractivity (Wildman–Crippen MR) is 136 cm³/mol. The van der Waals surface area contributed by atoms with Gasteiger partial charge in [0.2, 0.25) is 0 Å². The quantitative estimate of drug-likeness (QED) is 0.340. The van der Waals surface area contributed by atoms with Crippen LogP contribution in [0.15, 0.2) is 53.9 Å². The first-order valence-electron chi connectivity index (χ1n) is 12.3. The van der Waals surface area contributed by atoms with Crippen LogP contribution < -0.4 is 0 Å². The molecule has 2 aliphatic heterocycles. The maximum Gasteiger partial charge on any atom is 0.297 e. The maximum atomic E-state index is 12.8. The third-order valence-electron chi connectivity index (χ3n) is 6.92. The number of aromatic nitrogens is 5. The monoisotopic (exact) mass is 539 g/mol. The highest BCUT2D eigenvalue weighted by Gasteiger charge is 2.56. The number of aryl methyl sites for hydroxylation is 3. The van der Waals surface area contributed by atoms with Crippen molar-refractivity contribution in [1.29, 1.82) is 0 Å². The fourth-order valence-electron chi connectivity index (χ4n) is 5.14. The molecule has 1 aromatic carbocycles. The van der Waals surface area contributed by atoms with E-state index in [1.54, 1.807) is 23.0 Å². The molecule has 2 saturated heterocycles. The number of fused-ring (bicyclic) bond motifs is 2. The van der Waals surface area contributed by atoms with E-state index in [2.05, 4.69) is 15.0 Å². The fraction of sp³-hybridized carbons (Fsp3) is 0.423. The van der Waals surface area contributed by atoms with Gasteiger partial charge >= 0.3 is 0 Å². The van der Waals surface area contributed by atoms with Crippen molar-refractivity contribution in [2.24, 2.45) is 0 Å². The second-order valence-corrected chi connectivity index (χ2v) is 11.8. The average molecular weight is 540 g/mol. The SMILES string of the molecule is Cc1ccc(S(=O)(=O)OC[C@H]2O[C@@H](n3cnc4c(-n5c(C)ccc5C)ncnc43)[C@@H]3OC(C)(C)O[C@@H]32)cc1. The lowest BCUT2D eigenvalue weighted by Gasteiger charge is -2.24. The lowest BCUT2D eigenvalue weighted by Crippen LogP contribution is -2.33. The van der Waals surface area contributed by atoms with Crippen molar-refractivity contribution in [2.45, 2.75) is 69.8 Å². The van der Waals surface area contributed by atoms with Crippen molar-refractivity contribution >= 4 is 21.3 Å². The van der Waals surface area contributed by atoms with Crippen LogP contribution in [0.2, 0.25) is 0 Å². The zero-order chi connectivity index (χ0) is 26.8. The third kappa shape index (κ3) is 4.22. The summed E-state index contributed by atoms with van der Waals surface area (Å²) in [6.07, 6.45) is 0.658. The van der Waals surface area contributed by atoms with Gasteiger partial charge in [0.05, 0.1) is 17.8 Å². The molecule has 0 aliphatic carbocycles. The van der Waals surface area contributed by atoms with Crippen molar-refractivity contribution in [1.82, 2.24) is 24.1 Å². The molecule has 4 atom stereocenters. The summed E-state index contributed by atoms with van der Waals surface area (Å²) < 4.78 is 53.5. The molecule has 11 nitrogen and oxygen atoms in total. The van der Waals surface area contributed by atoms with E-state index in [4.69, 9.17) is 18.4 Å². The highest BCUT2D eigenvalue weighted by molar-refractivity contribution is 7.86. The number of imidazole rings is 1. The van der Waals surface area contributed by atoms with E-state index in [1.807, 2.05) is 51.3 Å². The van der Waals surface area contributed by atoms with Crippen LogP contribution >= 0.6 is 0 Å². The Balaban J connectivity index is 1.31. The Kier molecular flexibility index (Phi) is 5.92. The van der Waals surface area contributed by atoms with Crippen LogP contribution in [-0.4, -0.2) is 63.2 Å². The topological polar surface area (TPSA) is 120 Å². The molecule has 2 aliphatic rings. The van der Waals surface area contributed by atoms with Crippen LogP contribution in [0.25, 0.3) is 17.0 Å². The number of rotatable bonds is 6. The van der Waals surface area contributed by atoms with Gasteiger partial charge in [-0.2, -0.15) is 8.42 Å². The van der Waals surface area contributed by atoms with Gasteiger partial charge in [-0.1, -0.05) is 17.7 Å². The second kappa shape index (κ2) is 8.95. The van der Waals surface area contributed by atoms with E-state index in [-0.39, 0.29) is 11.5 Å². The van der Waals surface area contributed by atoms with Crippen molar-refractivity contribution in [2.75, 3.05) is 6.61 Å². The van der Waals surface area contributed by atoms with Gasteiger partial charge in [-0.15, -0.1) is 0 Å². The van der Waals surface area contributed by atoms with Gasteiger partial charge in [0, 0.05) is 11.4 Å². The molecular formula is C26H29N5O6S. The second-order valence-electron chi connectivity index (χ2n) is 10.2. The Hall–Kier alpha value is -3.16. The van der Waals surface area contributed by atoms with Crippen LogP contribution in [0.5, 0.6) is 0 Å². The van der Waals surface area contributed by atoms with Crippen molar-refractivity contribution in [3.63, 3.8) is 0 Å². The lowest BCUT2D eigenvalue weighted by atomic mass is 10.1. The normalized spacial score (nSPS) is 24.8. The Labute approximate surface area is 220 Å². The van der Waals surface area contributed by atoms with Crippen LogP contribution in [0.1, 0.15) is 37.0 Å². The third-order valence-corrected chi connectivity index (χ3v) is 8.21. The van der Waals surface area contributed by atoms with E-state index < -0.39 is 40.4 Å². The first-order valence-corrected chi connectivity index (χ1v) is 13.7. The summed E-state index contributed by atoms with van der Waals surface area (Å²) in [4.78, 5) is 13.7. The minimum absolute atomic E-state index is 0.0820. The Morgan fingerprint density at radius 2 is 1.63 bits per heavy atom. The Morgan fingerprint density at radius 1 is 0.947 bits per heavy atom. The summed E-state index contributed by atoms with van der Waals surface area (Å²) in [6, 6.07) is 10.5. The summed E-state index contributed by atoms with van der Waals surface area (Å²) in [5, 5.41) is 0. The van der Waals surface area contributed by atoms with Gasteiger partial charge < -0.3 is 18.8 Å². The fourth-order valence-corrected chi connectivity index (χ4v) is 6.06. The zero-order valence-electron chi connectivity index (χ0n) is 21.7. The van der Waals surface area contributed by atoms with E-state index in [1.165, 1.54) is 18.5 Å².